The molecule has 0 N–H and O–H groups in total. The largest absolute Gasteiger partial charge is 0.449 e. The second-order valence-corrected chi connectivity index (χ2v) is 7.80. The van der Waals surface area contributed by atoms with Gasteiger partial charge in [0.15, 0.2) is 5.89 Å². The Balaban J connectivity index is 1.40. The van der Waals surface area contributed by atoms with Crippen LogP contribution in [0, 0.1) is 6.92 Å². The second kappa shape index (κ2) is 7.88. The van der Waals surface area contributed by atoms with E-state index in [0.29, 0.717) is 5.92 Å². The molecule has 4 rings (SSSR count). The Morgan fingerprint density at radius 2 is 1.85 bits per heavy atom. The van der Waals surface area contributed by atoms with Gasteiger partial charge in [0.05, 0.1) is 12.2 Å². The number of oxazole rings is 1. The molecule has 0 aliphatic carbocycles. The molecule has 0 bridgehead atoms. The summed E-state index contributed by atoms with van der Waals surface area (Å²) in [6.45, 7) is 8.19. The highest BCUT2D eigenvalue weighted by molar-refractivity contribution is 5.05. The summed E-state index contributed by atoms with van der Waals surface area (Å²) in [4.78, 5) is 9.42. The number of likely N-dealkylation sites (tertiary alicyclic amines) is 2. The zero-order chi connectivity index (χ0) is 17.9. The highest BCUT2D eigenvalue weighted by atomic mass is 16.3. The Hall–Kier alpha value is -1.73. The standard InChI is InChI=1S/C19H30N6O/c1-15-20-17(14-26-15)12-25-10-6-7-16(11-25)19-22-21-18(23(19)2)13-24-8-4-3-5-9-24/h14,16H,3-13H2,1-2H3/t16-/m1/s1. The Bertz CT molecular complexity index is 717. The lowest BCUT2D eigenvalue weighted by molar-refractivity contribution is 0.192. The number of aromatic nitrogens is 4. The topological polar surface area (TPSA) is 63.2 Å². The molecule has 4 heterocycles. The average molecular weight is 358 g/mol. The van der Waals surface area contributed by atoms with E-state index in [9.17, 15) is 0 Å². The Morgan fingerprint density at radius 1 is 1.04 bits per heavy atom. The van der Waals surface area contributed by atoms with Crippen LogP contribution < -0.4 is 0 Å². The lowest BCUT2D eigenvalue weighted by atomic mass is 9.97. The lowest BCUT2D eigenvalue weighted by Gasteiger charge is -2.31. The van der Waals surface area contributed by atoms with Crippen LogP contribution in [0.3, 0.4) is 0 Å². The molecule has 7 heteroatoms. The van der Waals surface area contributed by atoms with E-state index in [1.807, 2.05) is 6.92 Å². The van der Waals surface area contributed by atoms with Crippen LogP contribution in [-0.4, -0.2) is 55.7 Å². The summed E-state index contributed by atoms with van der Waals surface area (Å²) in [6, 6.07) is 0. The van der Waals surface area contributed by atoms with Crippen molar-refractivity contribution in [3.8, 4) is 0 Å². The molecule has 7 nitrogen and oxygen atoms in total. The van der Waals surface area contributed by atoms with Crippen LogP contribution in [0.25, 0.3) is 0 Å². The highest BCUT2D eigenvalue weighted by Gasteiger charge is 2.27. The maximum atomic E-state index is 5.34. The molecular weight excluding hydrogens is 328 g/mol. The fraction of sp³-hybridized carbons (Fsp3) is 0.737. The molecule has 2 fully saturated rings. The van der Waals surface area contributed by atoms with Crippen molar-refractivity contribution in [2.75, 3.05) is 26.2 Å². The summed E-state index contributed by atoms with van der Waals surface area (Å²) in [6.07, 6.45) is 8.13. The first kappa shape index (κ1) is 17.7. The van der Waals surface area contributed by atoms with Gasteiger partial charge in [0, 0.05) is 33.0 Å². The van der Waals surface area contributed by atoms with Gasteiger partial charge in [-0.1, -0.05) is 6.42 Å². The summed E-state index contributed by atoms with van der Waals surface area (Å²) in [5, 5.41) is 9.10. The maximum absolute atomic E-state index is 5.34. The van der Waals surface area contributed by atoms with Crippen LogP contribution in [-0.2, 0) is 20.1 Å². The molecule has 0 spiro atoms. The molecule has 0 radical (unpaired) electrons. The molecular formula is C19H30N6O. The fourth-order valence-electron chi connectivity index (χ4n) is 4.31. The number of nitrogens with zero attached hydrogens (tertiary/aromatic N) is 6. The van der Waals surface area contributed by atoms with Gasteiger partial charge in [-0.15, -0.1) is 10.2 Å². The number of hydrogen-bond donors (Lipinski definition) is 0. The molecule has 0 amide bonds. The third-order valence-corrected chi connectivity index (χ3v) is 5.74. The molecule has 2 aliphatic heterocycles. The van der Waals surface area contributed by atoms with E-state index in [0.717, 1.165) is 49.4 Å². The molecule has 2 aliphatic rings. The quantitative estimate of drug-likeness (QED) is 0.818. The number of hydrogen-bond acceptors (Lipinski definition) is 6. The lowest BCUT2D eigenvalue weighted by Crippen LogP contribution is -2.35. The predicted octanol–water partition coefficient (Wildman–Crippen LogP) is 2.48. The Labute approximate surface area is 155 Å². The SMILES string of the molecule is Cc1nc(CN2CCC[C@@H](c3nnc(CN4CCCCC4)n3C)C2)co1. The van der Waals surface area contributed by atoms with E-state index in [1.54, 1.807) is 6.26 Å². The van der Waals surface area contributed by atoms with Gasteiger partial charge in [-0.05, 0) is 45.3 Å². The average Bonchev–Trinajstić information content (AvgIpc) is 3.22. The molecule has 0 aromatic carbocycles. The molecule has 142 valence electrons. The van der Waals surface area contributed by atoms with Crippen LogP contribution in [0.1, 0.15) is 61.3 Å². The number of piperidine rings is 2. The van der Waals surface area contributed by atoms with Crippen molar-refractivity contribution < 1.29 is 4.42 Å². The zero-order valence-corrected chi connectivity index (χ0v) is 16.0. The van der Waals surface area contributed by atoms with Gasteiger partial charge in [0.2, 0.25) is 0 Å². The van der Waals surface area contributed by atoms with Crippen molar-refractivity contribution in [1.29, 1.82) is 0 Å². The van der Waals surface area contributed by atoms with Gasteiger partial charge in [0.1, 0.15) is 17.9 Å². The third kappa shape index (κ3) is 3.99. The van der Waals surface area contributed by atoms with Crippen molar-refractivity contribution in [3.63, 3.8) is 0 Å². The normalized spacial score (nSPS) is 22.8. The van der Waals surface area contributed by atoms with Crippen molar-refractivity contribution in [3.05, 3.63) is 29.5 Å². The summed E-state index contributed by atoms with van der Waals surface area (Å²) in [7, 11) is 2.13. The second-order valence-electron chi connectivity index (χ2n) is 7.80. The molecule has 26 heavy (non-hydrogen) atoms. The smallest absolute Gasteiger partial charge is 0.191 e. The summed E-state index contributed by atoms with van der Waals surface area (Å²) in [5.41, 5.74) is 1.02. The number of rotatable bonds is 5. The van der Waals surface area contributed by atoms with E-state index < -0.39 is 0 Å². The van der Waals surface area contributed by atoms with Gasteiger partial charge < -0.3 is 8.98 Å². The summed E-state index contributed by atoms with van der Waals surface area (Å²) in [5.74, 6) is 3.43. The molecule has 0 saturated carbocycles. The van der Waals surface area contributed by atoms with Crippen molar-refractivity contribution in [2.45, 2.75) is 58.0 Å². The molecule has 2 aromatic rings. The van der Waals surface area contributed by atoms with Crippen LogP contribution >= 0.6 is 0 Å². The van der Waals surface area contributed by atoms with E-state index in [2.05, 4.69) is 36.6 Å². The van der Waals surface area contributed by atoms with Gasteiger partial charge >= 0.3 is 0 Å². The number of aryl methyl sites for hydroxylation is 1. The third-order valence-electron chi connectivity index (χ3n) is 5.74. The first-order chi connectivity index (χ1) is 12.7. The van der Waals surface area contributed by atoms with E-state index in [-0.39, 0.29) is 0 Å². The van der Waals surface area contributed by atoms with Crippen molar-refractivity contribution in [2.24, 2.45) is 7.05 Å². The first-order valence-electron chi connectivity index (χ1n) is 9.93. The summed E-state index contributed by atoms with van der Waals surface area (Å²) >= 11 is 0. The Kier molecular flexibility index (Phi) is 5.36. The van der Waals surface area contributed by atoms with Gasteiger partial charge in [-0.3, -0.25) is 9.80 Å². The maximum Gasteiger partial charge on any atom is 0.191 e. The minimum Gasteiger partial charge on any atom is -0.449 e. The molecule has 1 atom stereocenters. The van der Waals surface area contributed by atoms with E-state index >= 15 is 0 Å². The predicted molar refractivity (Wildman–Crippen MR) is 98.6 cm³/mol. The van der Waals surface area contributed by atoms with E-state index in [1.165, 1.54) is 45.2 Å². The minimum absolute atomic E-state index is 0.448. The summed E-state index contributed by atoms with van der Waals surface area (Å²) < 4.78 is 7.58. The van der Waals surface area contributed by atoms with Crippen LogP contribution in [0.2, 0.25) is 0 Å². The first-order valence-corrected chi connectivity index (χ1v) is 9.93. The van der Waals surface area contributed by atoms with Gasteiger partial charge in [0.25, 0.3) is 0 Å². The zero-order valence-electron chi connectivity index (χ0n) is 16.0. The van der Waals surface area contributed by atoms with E-state index in [4.69, 9.17) is 4.42 Å². The van der Waals surface area contributed by atoms with Crippen LogP contribution in [0.5, 0.6) is 0 Å². The monoisotopic (exact) mass is 358 g/mol. The molecule has 0 unspecified atom stereocenters. The molecule has 2 saturated heterocycles. The minimum atomic E-state index is 0.448. The van der Waals surface area contributed by atoms with Crippen molar-refractivity contribution in [1.82, 2.24) is 29.5 Å². The fourth-order valence-corrected chi connectivity index (χ4v) is 4.31. The van der Waals surface area contributed by atoms with Gasteiger partial charge in [-0.2, -0.15) is 0 Å². The van der Waals surface area contributed by atoms with Gasteiger partial charge in [-0.25, -0.2) is 4.98 Å². The van der Waals surface area contributed by atoms with Crippen LogP contribution in [0.15, 0.2) is 10.7 Å². The van der Waals surface area contributed by atoms with Crippen LogP contribution in [0.4, 0.5) is 0 Å². The van der Waals surface area contributed by atoms with Crippen molar-refractivity contribution >= 4 is 0 Å². The Morgan fingerprint density at radius 3 is 2.62 bits per heavy atom. The highest BCUT2D eigenvalue weighted by Crippen LogP contribution is 2.27. The molecule has 2 aromatic heterocycles.